The zero-order valence-corrected chi connectivity index (χ0v) is 56.1. The van der Waals surface area contributed by atoms with Gasteiger partial charge in [-0.05, 0) is 87.6 Å². The van der Waals surface area contributed by atoms with E-state index >= 15 is 0 Å². The molecular weight excluding hydrogens is 1350 g/mol. The highest BCUT2D eigenvalue weighted by atomic mass is 16.4. The quantitative estimate of drug-likeness (QED) is 0.0184. The highest BCUT2D eigenvalue weighted by molar-refractivity contribution is 6.00. The largest absolute Gasteiger partial charge is 0.508 e. The molecule has 38 heteroatoms. The molecule has 4 aromatic rings. The minimum absolute atomic E-state index is 0.00238. The Bertz CT molecular complexity index is 3600. The van der Waals surface area contributed by atoms with Crippen LogP contribution in [0.4, 0.5) is 0 Å². The van der Waals surface area contributed by atoms with E-state index < -0.39 is 188 Å². The molecule has 2 aromatic carbocycles. The first-order valence-electron chi connectivity index (χ1n) is 33.2. The molecule has 12 amide bonds. The Morgan fingerprint density at radius 3 is 1.42 bits per heavy atom. The van der Waals surface area contributed by atoms with E-state index in [9.17, 15) is 97.5 Å². The molecule has 2 aromatic heterocycles. The fraction of sp³-hybridized carbons (Fsp3) is 0.492. The van der Waals surface area contributed by atoms with Crippen LogP contribution in [-0.4, -0.2) is 243 Å². The van der Waals surface area contributed by atoms with Gasteiger partial charge in [0.15, 0.2) is 0 Å². The first-order chi connectivity index (χ1) is 49.2. The van der Waals surface area contributed by atoms with Crippen molar-refractivity contribution in [3.8, 4) is 5.75 Å². The number of imidazole rings is 2. The molecule has 103 heavy (non-hydrogen) atoms. The Kier molecular flexibility index (Phi) is 31.4. The summed E-state index contributed by atoms with van der Waals surface area (Å²) in [7, 11) is 0. The highest BCUT2D eigenvalue weighted by Gasteiger charge is 2.43. The van der Waals surface area contributed by atoms with Crippen LogP contribution >= 0.6 is 0 Å². The number of likely N-dealkylation sites (tertiary alicyclic amines) is 2. The van der Waals surface area contributed by atoms with Crippen molar-refractivity contribution in [2.75, 3.05) is 32.8 Å². The molecule has 0 unspecified atom stereocenters. The number of benzene rings is 2. The lowest BCUT2D eigenvalue weighted by Gasteiger charge is -2.31. The second-order valence-corrected chi connectivity index (χ2v) is 24.7. The van der Waals surface area contributed by atoms with Crippen LogP contribution in [0, 0.1) is 0 Å². The number of aliphatic hydroxyl groups excluding tert-OH is 1. The van der Waals surface area contributed by atoms with E-state index in [1.165, 1.54) is 54.2 Å². The molecule has 558 valence electrons. The lowest BCUT2D eigenvalue weighted by atomic mass is 10.0. The number of aromatic nitrogens is 4. The van der Waals surface area contributed by atoms with E-state index in [1.807, 2.05) is 0 Å². The van der Waals surface area contributed by atoms with Gasteiger partial charge < -0.3 is 110 Å². The summed E-state index contributed by atoms with van der Waals surface area (Å²) < 4.78 is 0. The van der Waals surface area contributed by atoms with Crippen molar-refractivity contribution in [2.45, 2.75) is 169 Å². The molecule has 0 bridgehead atoms. The van der Waals surface area contributed by atoms with Gasteiger partial charge in [0.05, 0.1) is 32.2 Å². The van der Waals surface area contributed by atoms with E-state index in [4.69, 9.17) is 17.2 Å². The number of amides is 12. The number of rotatable bonds is 42. The van der Waals surface area contributed by atoms with Gasteiger partial charge >= 0.3 is 17.9 Å². The number of hydrogen-bond acceptors (Lipinski definition) is 21. The molecule has 6 rings (SSSR count). The predicted molar refractivity (Wildman–Crippen MR) is 358 cm³/mol. The van der Waals surface area contributed by atoms with E-state index in [-0.39, 0.29) is 102 Å². The third kappa shape index (κ3) is 25.3. The third-order valence-corrected chi connectivity index (χ3v) is 17.0. The maximum atomic E-state index is 14.9. The first kappa shape index (κ1) is 80.6. The molecule has 2 fully saturated rings. The number of nitrogens with one attached hydrogen (secondary N) is 11. The smallest absolute Gasteiger partial charge is 0.326 e. The summed E-state index contributed by atoms with van der Waals surface area (Å²) in [6.07, 6.45) is 1.87. The molecule has 38 nitrogen and oxygen atoms in total. The fourth-order valence-electron chi connectivity index (χ4n) is 11.6. The zero-order chi connectivity index (χ0) is 75.3. The van der Waals surface area contributed by atoms with Crippen LogP contribution < -0.4 is 65.1 Å². The number of primary amides is 1. The number of carbonyl (C=O) groups excluding carboxylic acids is 12. The second-order valence-electron chi connectivity index (χ2n) is 24.7. The number of aliphatic carboxylic acids is 3. The van der Waals surface area contributed by atoms with Gasteiger partial charge in [0, 0.05) is 75.4 Å². The number of phenolic OH excluding ortho intramolecular Hbond substituents is 1. The van der Waals surface area contributed by atoms with Gasteiger partial charge in [-0.1, -0.05) is 42.5 Å². The van der Waals surface area contributed by atoms with E-state index in [0.29, 0.717) is 28.9 Å². The van der Waals surface area contributed by atoms with Crippen molar-refractivity contribution in [1.82, 2.24) is 77.6 Å². The summed E-state index contributed by atoms with van der Waals surface area (Å²) in [4.78, 5) is 220. The highest BCUT2D eigenvalue weighted by Crippen LogP contribution is 2.23. The predicted octanol–water partition coefficient (Wildman–Crippen LogP) is -5.78. The Balaban J connectivity index is 1.23. The number of nitrogens with zero attached hydrogens (tertiary/aromatic N) is 4. The van der Waals surface area contributed by atoms with Crippen molar-refractivity contribution in [3.05, 3.63) is 102 Å². The lowest BCUT2D eigenvalue weighted by molar-refractivity contribution is -0.146. The molecular formula is C65H88N18O20. The number of nitrogens with two attached hydrogens (primary N) is 3. The second kappa shape index (κ2) is 40.1. The van der Waals surface area contributed by atoms with Crippen LogP contribution in [0.1, 0.15) is 99.6 Å². The lowest BCUT2D eigenvalue weighted by Crippen LogP contribution is -2.61. The molecule has 0 spiro atoms. The van der Waals surface area contributed by atoms with Crippen LogP contribution in [0.3, 0.4) is 0 Å². The van der Waals surface area contributed by atoms with Gasteiger partial charge in [-0.3, -0.25) is 67.1 Å². The normalized spacial score (nSPS) is 16.7. The number of carbonyl (C=O) groups is 15. The minimum atomic E-state index is -1.91. The number of aliphatic hydroxyl groups is 1. The van der Waals surface area contributed by atoms with Gasteiger partial charge in [-0.2, -0.15) is 0 Å². The molecule has 2 aliphatic rings. The van der Waals surface area contributed by atoms with Crippen LogP contribution in [0.15, 0.2) is 79.6 Å². The number of unbranched alkanes of at least 4 members (excludes halogenated alkanes) is 1. The fourth-order valence-corrected chi connectivity index (χ4v) is 11.6. The number of phenols is 1. The minimum Gasteiger partial charge on any atom is -0.508 e. The Hall–Kier alpha value is -11.4. The summed E-state index contributed by atoms with van der Waals surface area (Å²) in [5, 5.41) is 71.9. The van der Waals surface area contributed by atoms with Crippen molar-refractivity contribution in [1.29, 1.82) is 0 Å². The number of carboxylic acid groups (broad SMARTS) is 3. The summed E-state index contributed by atoms with van der Waals surface area (Å²) >= 11 is 0. The van der Waals surface area contributed by atoms with Crippen LogP contribution in [0.2, 0.25) is 0 Å². The van der Waals surface area contributed by atoms with Gasteiger partial charge in [0.1, 0.15) is 72.2 Å². The topological polar surface area (TPSA) is 607 Å². The van der Waals surface area contributed by atoms with Crippen molar-refractivity contribution < 1.29 is 97.5 Å². The molecule has 0 radical (unpaired) electrons. The Morgan fingerprint density at radius 2 is 0.942 bits per heavy atom. The summed E-state index contributed by atoms with van der Waals surface area (Å²) in [6.45, 7) is -1.56. The van der Waals surface area contributed by atoms with Crippen LogP contribution in [-0.2, 0) is 97.6 Å². The van der Waals surface area contributed by atoms with Gasteiger partial charge in [0.2, 0.25) is 70.9 Å². The molecule has 2 aliphatic heterocycles. The van der Waals surface area contributed by atoms with E-state index in [2.05, 4.69) is 67.8 Å². The van der Waals surface area contributed by atoms with Crippen LogP contribution in [0.5, 0.6) is 5.75 Å². The summed E-state index contributed by atoms with van der Waals surface area (Å²) in [5.74, 6) is -16.2. The van der Waals surface area contributed by atoms with Crippen LogP contribution in [0.25, 0.3) is 0 Å². The number of carboxylic acids is 3. The Labute approximate surface area is 588 Å². The summed E-state index contributed by atoms with van der Waals surface area (Å²) in [5.41, 5.74) is 17.8. The standard InChI is InChI=1S/C65H88N18O20/c66-21-5-4-10-40(75-61(98)49-11-6-23-83(49)64(101)47(28-54(90)91)81-58(95)44(25-36-13-15-39(85)16-14-36)78-60(97)48(32-84)73-52(87)29-67)55(92)74-41(18-20-53(88)89)56(93)77-43(24-35-8-2-1-3-9-35)57(94)79-45(26-37-30-69-33-71-37)59(96)80-46(27-38-31-70-34-72-38)63(100)82-22-7-12-50(82)62(99)76-42(65(102)103)17-19-51(68)86/h1-3,8-9,13-16,30-31,33-34,40-50,84-85H,4-7,10-12,17-29,32,66-67H2,(H2,68,86)(H,69,71)(H,70,72)(H,73,87)(H,74,92)(H,75,98)(H,76,99)(H,77,93)(H,78,97)(H,79,94)(H,80,96)(H,81,95)(H,88,89)(H,90,91)(H,102,103)/t40-,41-,42-,43-,44-,45-,46-,47-,48-,49-,50-/m0/s1. The SMILES string of the molecule is NCCCC[C@H](NC(=O)[C@@H]1CCCN1C(=O)[C@H](CC(=O)O)NC(=O)[C@H](Cc1ccc(O)cc1)NC(=O)[C@H](CO)NC(=O)CN)C(=O)N[C@@H](CCC(=O)O)C(=O)N[C@@H](Cc1ccccc1)C(=O)N[C@@H](Cc1cnc[nH]1)C(=O)N[C@@H](Cc1cnc[nH]1)C(=O)N1CCC[C@H]1C(=O)N[C@@H](CCC(N)=O)C(=O)O. The molecule has 22 N–H and O–H groups in total. The van der Waals surface area contributed by atoms with Crippen molar-refractivity contribution in [3.63, 3.8) is 0 Å². The summed E-state index contributed by atoms with van der Waals surface area (Å²) in [6, 6.07) is -3.80. The van der Waals surface area contributed by atoms with E-state index in [0.717, 1.165) is 4.90 Å². The first-order valence-corrected chi connectivity index (χ1v) is 33.2. The zero-order valence-electron chi connectivity index (χ0n) is 56.1. The maximum Gasteiger partial charge on any atom is 0.326 e. The molecule has 0 saturated carbocycles. The average Bonchev–Trinajstić information content (AvgIpc) is 1.46. The maximum absolute atomic E-state index is 14.9. The average molecular weight is 1440 g/mol. The number of H-pyrrole nitrogens is 2. The van der Waals surface area contributed by atoms with Gasteiger partial charge in [-0.15, -0.1) is 0 Å². The third-order valence-electron chi connectivity index (χ3n) is 17.0. The number of hydrogen-bond donors (Lipinski definition) is 19. The van der Waals surface area contributed by atoms with Gasteiger partial charge in [-0.25, -0.2) is 14.8 Å². The van der Waals surface area contributed by atoms with E-state index in [1.54, 1.807) is 30.3 Å². The monoisotopic (exact) mass is 1440 g/mol. The number of aromatic hydroxyl groups is 1. The molecule has 2 saturated heterocycles. The van der Waals surface area contributed by atoms with Crippen molar-refractivity contribution >= 4 is 88.8 Å². The molecule has 0 aliphatic carbocycles. The Morgan fingerprint density at radius 1 is 0.495 bits per heavy atom. The molecule has 4 heterocycles. The van der Waals surface area contributed by atoms with Gasteiger partial charge in [0.25, 0.3) is 0 Å². The molecule has 11 atom stereocenters. The van der Waals surface area contributed by atoms with Crippen molar-refractivity contribution in [2.24, 2.45) is 17.2 Å². The number of aromatic amines is 2.